The van der Waals surface area contributed by atoms with Gasteiger partial charge >= 0.3 is 6.18 Å². The molecule has 1 aromatic heterocycles. The van der Waals surface area contributed by atoms with Gasteiger partial charge in [0.1, 0.15) is 11.9 Å². The van der Waals surface area contributed by atoms with Crippen LogP contribution in [0.15, 0.2) is 6.07 Å². The van der Waals surface area contributed by atoms with E-state index >= 15 is 0 Å². The molecule has 1 saturated carbocycles. The molecular formula is C11H14F3N5O. The largest absolute Gasteiger partial charge is 0.433 e. The predicted molar refractivity (Wildman–Crippen MR) is 65.7 cm³/mol. The van der Waals surface area contributed by atoms with Crippen molar-refractivity contribution in [2.75, 3.05) is 11.1 Å². The zero-order valence-corrected chi connectivity index (χ0v) is 10.7. The molecule has 1 amide bonds. The molecule has 0 saturated heterocycles. The van der Waals surface area contributed by atoms with Gasteiger partial charge in [0, 0.05) is 12.1 Å². The maximum atomic E-state index is 12.6. The summed E-state index contributed by atoms with van der Waals surface area (Å²) in [4.78, 5) is 18.5. The molecular weight excluding hydrogens is 275 g/mol. The van der Waals surface area contributed by atoms with Crippen molar-refractivity contribution in [3.05, 3.63) is 11.8 Å². The van der Waals surface area contributed by atoms with E-state index in [-0.39, 0.29) is 17.8 Å². The zero-order valence-electron chi connectivity index (χ0n) is 10.7. The third-order valence-corrected chi connectivity index (χ3v) is 2.72. The lowest BCUT2D eigenvalue weighted by Gasteiger charge is -2.15. The highest BCUT2D eigenvalue weighted by Crippen LogP contribution is 2.29. The Morgan fingerprint density at radius 3 is 2.65 bits per heavy atom. The third-order valence-electron chi connectivity index (χ3n) is 2.72. The molecule has 6 nitrogen and oxygen atoms in total. The summed E-state index contributed by atoms with van der Waals surface area (Å²) >= 11 is 0. The van der Waals surface area contributed by atoms with E-state index in [4.69, 9.17) is 5.73 Å². The quantitative estimate of drug-likeness (QED) is 0.773. The van der Waals surface area contributed by atoms with Crippen LogP contribution in [-0.4, -0.2) is 28.0 Å². The van der Waals surface area contributed by atoms with E-state index in [1.807, 2.05) is 0 Å². The topological polar surface area (TPSA) is 92.9 Å². The van der Waals surface area contributed by atoms with Crippen LogP contribution in [0.4, 0.5) is 24.9 Å². The van der Waals surface area contributed by atoms with Gasteiger partial charge in [-0.05, 0) is 19.8 Å². The summed E-state index contributed by atoms with van der Waals surface area (Å²) in [6.45, 7) is 1.53. The number of anilines is 2. The van der Waals surface area contributed by atoms with Gasteiger partial charge in [0.25, 0.3) is 0 Å². The van der Waals surface area contributed by atoms with Crippen molar-refractivity contribution in [3.8, 4) is 0 Å². The summed E-state index contributed by atoms with van der Waals surface area (Å²) < 4.78 is 37.7. The molecule has 0 aromatic carbocycles. The molecule has 9 heteroatoms. The molecule has 110 valence electrons. The molecule has 2 rings (SSSR count). The Hall–Kier alpha value is -2.06. The number of rotatable bonds is 4. The Morgan fingerprint density at radius 1 is 1.45 bits per heavy atom. The lowest BCUT2D eigenvalue weighted by molar-refractivity contribution is -0.141. The first-order chi connectivity index (χ1) is 9.25. The van der Waals surface area contributed by atoms with Crippen molar-refractivity contribution in [3.63, 3.8) is 0 Å². The fraction of sp³-hybridized carbons (Fsp3) is 0.545. The van der Waals surface area contributed by atoms with Gasteiger partial charge in [-0.2, -0.15) is 18.2 Å². The van der Waals surface area contributed by atoms with E-state index in [1.54, 1.807) is 0 Å². The summed E-state index contributed by atoms with van der Waals surface area (Å²) in [6, 6.07) is 0.177. The second-order valence-electron chi connectivity index (χ2n) is 4.64. The number of halogens is 3. The number of nitrogens with zero attached hydrogens (tertiary/aromatic N) is 2. The number of nitrogen functional groups attached to an aromatic ring is 1. The summed E-state index contributed by atoms with van der Waals surface area (Å²) in [6.07, 6.45) is -2.76. The fourth-order valence-electron chi connectivity index (χ4n) is 1.53. The zero-order chi connectivity index (χ0) is 14.9. The van der Waals surface area contributed by atoms with Crippen molar-refractivity contribution < 1.29 is 18.0 Å². The lowest BCUT2D eigenvalue weighted by atomic mass is 10.3. The normalized spacial score (nSPS) is 16.6. The molecule has 1 unspecified atom stereocenters. The van der Waals surface area contributed by atoms with Gasteiger partial charge in [0.2, 0.25) is 11.9 Å². The van der Waals surface area contributed by atoms with E-state index < -0.39 is 23.9 Å². The summed E-state index contributed by atoms with van der Waals surface area (Å²) in [7, 11) is 0. The summed E-state index contributed by atoms with van der Waals surface area (Å²) in [5.74, 6) is -0.932. The van der Waals surface area contributed by atoms with Crippen LogP contribution in [0, 0.1) is 0 Å². The first kappa shape index (κ1) is 14.4. The molecule has 20 heavy (non-hydrogen) atoms. The van der Waals surface area contributed by atoms with Crippen molar-refractivity contribution >= 4 is 17.7 Å². The van der Waals surface area contributed by atoms with Crippen molar-refractivity contribution in [1.82, 2.24) is 15.3 Å². The minimum Gasteiger partial charge on any atom is -0.368 e. The van der Waals surface area contributed by atoms with E-state index in [2.05, 4.69) is 20.6 Å². The molecule has 4 N–H and O–H groups in total. The standard InChI is InChI=1S/C11H14F3N5O/c1-5(9(20)17-6-2-3-6)16-8-4-7(11(12,13)14)18-10(15)19-8/h4-6H,2-3H2,1H3,(H,17,20)(H3,15,16,18,19). The van der Waals surface area contributed by atoms with Gasteiger partial charge in [-0.1, -0.05) is 0 Å². The third kappa shape index (κ3) is 3.72. The van der Waals surface area contributed by atoms with Crippen LogP contribution in [0.2, 0.25) is 0 Å². The molecule has 1 heterocycles. The first-order valence-corrected chi connectivity index (χ1v) is 6.04. The lowest BCUT2D eigenvalue weighted by Crippen LogP contribution is -2.39. The van der Waals surface area contributed by atoms with Gasteiger partial charge < -0.3 is 16.4 Å². The monoisotopic (exact) mass is 289 g/mol. The van der Waals surface area contributed by atoms with Crippen LogP contribution in [-0.2, 0) is 11.0 Å². The number of nitrogens with one attached hydrogen (secondary N) is 2. The Balaban J connectivity index is 2.08. The number of amides is 1. The molecule has 1 aliphatic carbocycles. The minimum atomic E-state index is -4.62. The van der Waals surface area contributed by atoms with Gasteiger partial charge in [0.05, 0.1) is 0 Å². The van der Waals surface area contributed by atoms with Gasteiger partial charge in [-0.15, -0.1) is 0 Å². The fourth-order valence-corrected chi connectivity index (χ4v) is 1.53. The summed E-state index contributed by atoms with van der Waals surface area (Å²) in [5, 5.41) is 5.32. The first-order valence-electron chi connectivity index (χ1n) is 6.04. The smallest absolute Gasteiger partial charge is 0.368 e. The van der Waals surface area contributed by atoms with Crippen LogP contribution in [0.25, 0.3) is 0 Å². The Morgan fingerprint density at radius 2 is 2.10 bits per heavy atom. The summed E-state index contributed by atoms with van der Waals surface area (Å²) in [5.41, 5.74) is 4.09. The second-order valence-corrected chi connectivity index (χ2v) is 4.64. The number of hydrogen-bond donors (Lipinski definition) is 3. The predicted octanol–water partition coefficient (Wildman–Crippen LogP) is 1.16. The number of carbonyl (C=O) groups excluding carboxylic acids is 1. The van der Waals surface area contributed by atoms with Crippen molar-refractivity contribution in [2.24, 2.45) is 0 Å². The number of alkyl halides is 3. The maximum Gasteiger partial charge on any atom is 0.433 e. The van der Waals surface area contributed by atoms with Crippen LogP contribution in [0.5, 0.6) is 0 Å². The molecule has 0 bridgehead atoms. The molecule has 0 spiro atoms. The Kier molecular flexibility index (Phi) is 3.69. The van der Waals surface area contributed by atoms with E-state index in [0.717, 1.165) is 18.9 Å². The number of carbonyl (C=O) groups is 1. The highest BCUT2D eigenvalue weighted by molar-refractivity contribution is 5.84. The average Bonchev–Trinajstić information content (AvgIpc) is 3.10. The van der Waals surface area contributed by atoms with E-state index in [9.17, 15) is 18.0 Å². The van der Waals surface area contributed by atoms with Gasteiger partial charge in [0.15, 0.2) is 5.69 Å². The molecule has 1 aliphatic rings. The van der Waals surface area contributed by atoms with Crippen LogP contribution >= 0.6 is 0 Å². The molecule has 1 fully saturated rings. The van der Waals surface area contributed by atoms with Gasteiger partial charge in [-0.25, -0.2) is 4.98 Å². The van der Waals surface area contributed by atoms with E-state index in [1.165, 1.54) is 6.92 Å². The number of aromatic nitrogens is 2. The molecule has 0 aliphatic heterocycles. The van der Waals surface area contributed by atoms with Crippen LogP contribution < -0.4 is 16.4 Å². The molecule has 1 atom stereocenters. The highest BCUT2D eigenvalue weighted by atomic mass is 19.4. The Bertz CT molecular complexity index is 515. The van der Waals surface area contributed by atoms with Gasteiger partial charge in [-0.3, -0.25) is 4.79 Å². The van der Waals surface area contributed by atoms with E-state index in [0.29, 0.717) is 0 Å². The highest BCUT2D eigenvalue weighted by Gasteiger charge is 2.34. The molecule has 0 radical (unpaired) electrons. The van der Waals surface area contributed by atoms with Crippen LogP contribution in [0.1, 0.15) is 25.5 Å². The molecule has 1 aromatic rings. The maximum absolute atomic E-state index is 12.6. The number of hydrogen-bond acceptors (Lipinski definition) is 5. The SMILES string of the molecule is CC(Nc1cc(C(F)(F)F)nc(N)n1)C(=O)NC1CC1. The second kappa shape index (κ2) is 5.14. The van der Waals surface area contributed by atoms with Crippen LogP contribution in [0.3, 0.4) is 0 Å². The van der Waals surface area contributed by atoms with Crippen molar-refractivity contribution in [1.29, 1.82) is 0 Å². The Labute approximate surface area is 113 Å². The number of nitrogens with two attached hydrogens (primary N) is 1. The minimum absolute atomic E-state index is 0.136. The average molecular weight is 289 g/mol. The van der Waals surface area contributed by atoms with Crippen molar-refractivity contribution in [2.45, 2.75) is 38.0 Å².